The quantitative estimate of drug-likeness (QED) is 0.785. The Bertz CT molecular complexity index is 250. The van der Waals surface area contributed by atoms with E-state index in [1.807, 2.05) is 0 Å². The second kappa shape index (κ2) is 7.64. The minimum atomic E-state index is 0.557. The number of ether oxygens (including phenoxy) is 1. The zero-order valence-electron chi connectivity index (χ0n) is 13.2. The first-order valence-electron chi connectivity index (χ1n) is 8.55. The SMILES string of the molecule is CCNC(CCC1CCCO1)C1CCC(C)C(C)C1. The zero-order valence-corrected chi connectivity index (χ0v) is 13.2. The minimum Gasteiger partial charge on any atom is -0.378 e. The molecule has 1 aliphatic carbocycles. The van der Waals surface area contributed by atoms with Crippen LogP contribution in [0.25, 0.3) is 0 Å². The molecule has 2 fully saturated rings. The van der Waals surface area contributed by atoms with Crippen molar-refractivity contribution in [3.05, 3.63) is 0 Å². The largest absolute Gasteiger partial charge is 0.378 e. The van der Waals surface area contributed by atoms with Crippen molar-refractivity contribution in [2.75, 3.05) is 13.2 Å². The molecule has 1 heterocycles. The fraction of sp³-hybridized carbons (Fsp3) is 1.00. The van der Waals surface area contributed by atoms with Gasteiger partial charge in [0.15, 0.2) is 0 Å². The summed E-state index contributed by atoms with van der Waals surface area (Å²) in [5.41, 5.74) is 0. The van der Waals surface area contributed by atoms with E-state index in [1.54, 1.807) is 0 Å². The molecular formula is C17H33NO. The first-order chi connectivity index (χ1) is 9.20. The number of rotatable bonds is 6. The van der Waals surface area contributed by atoms with Crippen molar-refractivity contribution < 1.29 is 4.74 Å². The van der Waals surface area contributed by atoms with Gasteiger partial charge < -0.3 is 10.1 Å². The highest BCUT2D eigenvalue weighted by Crippen LogP contribution is 2.36. The summed E-state index contributed by atoms with van der Waals surface area (Å²) in [6.45, 7) is 9.22. The smallest absolute Gasteiger partial charge is 0.0576 e. The fourth-order valence-electron chi connectivity index (χ4n) is 3.96. The molecule has 0 bridgehead atoms. The predicted molar refractivity (Wildman–Crippen MR) is 81.3 cm³/mol. The van der Waals surface area contributed by atoms with Gasteiger partial charge in [0.25, 0.3) is 0 Å². The molecule has 0 aromatic carbocycles. The summed E-state index contributed by atoms with van der Waals surface area (Å²) < 4.78 is 5.78. The van der Waals surface area contributed by atoms with Gasteiger partial charge in [0, 0.05) is 12.6 Å². The Morgan fingerprint density at radius 2 is 2.00 bits per heavy atom. The van der Waals surface area contributed by atoms with Gasteiger partial charge in [0.1, 0.15) is 0 Å². The van der Waals surface area contributed by atoms with Crippen molar-refractivity contribution in [1.29, 1.82) is 0 Å². The maximum Gasteiger partial charge on any atom is 0.0576 e. The Labute approximate surface area is 119 Å². The van der Waals surface area contributed by atoms with Crippen LogP contribution in [0, 0.1) is 17.8 Å². The lowest BCUT2D eigenvalue weighted by Gasteiger charge is -2.37. The normalized spacial score (nSPS) is 37.4. The van der Waals surface area contributed by atoms with E-state index >= 15 is 0 Å². The van der Waals surface area contributed by atoms with Crippen LogP contribution >= 0.6 is 0 Å². The molecule has 0 amide bonds. The van der Waals surface area contributed by atoms with Gasteiger partial charge in [-0.1, -0.05) is 27.2 Å². The van der Waals surface area contributed by atoms with Crippen LogP contribution in [0.15, 0.2) is 0 Å². The fourth-order valence-corrected chi connectivity index (χ4v) is 3.96. The molecule has 5 unspecified atom stereocenters. The second-order valence-corrected chi connectivity index (χ2v) is 6.90. The molecule has 1 saturated carbocycles. The highest BCUT2D eigenvalue weighted by Gasteiger charge is 2.30. The molecule has 2 aliphatic rings. The number of hydrogen-bond donors (Lipinski definition) is 1. The average Bonchev–Trinajstić information content (AvgIpc) is 2.91. The molecule has 0 aromatic rings. The van der Waals surface area contributed by atoms with Crippen molar-refractivity contribution in [2.45, 2.75) is 77.9 Å². The maximum atomic E-state index is 5.78. The van der Waals surface area contributed by atoms with E-state index < -0.39 is 0 Å². The summed E-state index contributed by atoms with van der Waals surface area (Å²) in [6, 6.07) is 0.726. The lowest BCUT2D eigenvalue weighted by Crippen LogP contribution is -2.40. The Hall–Kier alpha value is -0.0800. The molecular weight excluding hydrogens is 234 g/mol. The molecule has 0 spiro atoms. The maximum absolute atomic E-state index is 5.78. The van der Waals surface area contributed by atoms with Crippen molar-refractivity contribution in [1.82, 2.24) is 5.32 Å². The summed E-state index contributed by atoms with van der Waals surface area (Å²) in [6.07, 6.45) is 9.96. The molecule has 2 nitrogen and oxygen atoms in total. The van der Waals surface area contributed by atoms with E-state index in [4.69, 9.17) is 4.74 Å². The Kier molecular flexibility index (Phi) is 6.15. The van der Waals surface area contributed by atoms with Crippen molar-refractivity contribution in [3.63, 3.8) is 0 Å². The molecule has 1 N–H and O–H groups in total. The summed E-state index contributed by atoms with van der Waals surface area (Å²) in [5, 5.41) is 3.76. The minimum absolute atomic E-state index is 0.557. The van der Waals surface area contributed by atoms with Gasteiger partial charge in [-0.2, -0.15) is 0 Å². The van der Waals surface area contributed by atoms with Crippen LogP contribution in [0.2, 0.25) is 0 Å². The van der Waals surface area contributed by atoms with Gasteiger partial charge in [0.05, 0.1) is 6.10 Å². The van der Waals surface area contributed by atoms with Gasteiger partial charge in [-0.05, 0) is 62.8 Å². The average molecular weight is 267 g/mol. The van der Waals surface area contributed by atoms with E-state index in [0.29, 0.717) is 6.10 Å². The number of nitrogens with one attached hydrogen (secondary N) is 1. The third-order valence-corrected chi connectivity index (χ3v) is 5.50. The second-order valence-electron chi connectivity index (χ2n) is 6.90. The van der Waals surface area contributed by atoms with Gasteiger partial charge >= 0.3 is 0 Å². The summed E-state index contributed by atoms with van der Waals surface area (Å²) in [7, 11) is 0. The first kappa shape index (κ1) is 15.3. The van der Waals surface area contributed by atoms with Gasteiger partial charge in [-0.15, -0.1) is 0 Å². The lowest BCUT2D eigenvalue weighted by atomic mass is 9.72. The van der Waals surface area contributed by atoms with Gasteiger partial charge in [0.2, 0.25) is 0 Å². The molecule has 19 heavy (non-hydrogen) atoms. The topological polar surface area (TPSA) is 21.3 Å². The summed E-state index contributed by atoms with van der Waals surface area (Å²) in [5.74, 6) is 2.73. The standard InChI is InChI=1S/C17H33NO/c1-4-18-17(10-9-16-6-5-11-19-16)15-8-7-13(2)14(3)12-15/h13-18H,4-12H2,1-3H3. The van der Waals surface area contributed by atoms with E-state index in [-0.39, 0.29) is 0 Å². The molecule has 0 radical (unpaired) electrons. The Balaban J connectivity index is 1.80. The zero-order chi connectivity index (χ0) is 13.7. The summed E-state index contributed by atoms with van der Waals surface area (Å²) >= 11 is 0. The molecule has 1 saturated heterocycles. The van der Waals surface area contributed by atoms with Gasteiger partial charge in [-0.25, -0.2) is 0 Å². The third kappa shape index (κ3) is 4.46. The molecule has 0 aromatic heterocycles. The molecule has 112 valence electrons. The van der Waals surface area contributed by atoms with Crippen molar-refractivity contribution in [3.8, 4) is 0 Å². The lowest BCUT2D eigenvalue weighted by molar-refractivity contribution is 0.0920. The van der Waals surface area contributed by atoms with Crippen LogP contribution in [0.3, 0.4) is 0 Å². The van der Waals surface area contributed by atoms with Crippen molar-refractivity contribution >= 4 is 0 Å². The van der Waals surface area contributed by atoms with Gasteiger partial charge in [-0.3, -0.25) is 0 Å². The molecule has 2 rings (SSSR count). The van der Waals surface area contributed by atoms with Crippen LogP contribution in [-0.2, 0) is 4.74 Å². The highest BCUT2D eigenvalue weighted by atomic mass is 16.5. The predicted octanol–water partition coefficient (Wildman–Crippen LogP) is 4.00. The van der Waals surface area contributed by atoms with E-state index in [1.165, 1.54) is 44.9 Å². The number of hydrogen-bond acceptors (Lipinski definition) is 2. The Morgan fingerprint density at radius 3 is 2.63 bits per heavy atom. The van der Waals surface area contributed by atoms with Crippen molar-refractivity contribution in [2.24, 2.45) is 17.8 Å². The molecule has 2 heteroatoms. The van der Waals surface area contributed by atoms with Crippen LogP contribution < -0.4 is 5.32 Å². The molecule has 1 aliphatic heterocycles. The van der Waals surface area contributed by atoms with E-state index in [2.05, 4.69) is 26.1 Å². The van der Waals surface area contributed by atoms with Crippen LogP contribution in [0.1, 0.15) is 65.7 Å². The van der Waals surface area contributed by atoms with Crippen LogP contribution in [-0.4, -0.2) is 25.3 Å². The Morgan fingerprint density at radius 1 is 1.16 bits per heavy atom. The van der Waals surface area contributed by atoms with Crippen LogP contribution in [0.4, 0.5) is 0 Å². The molecule has 5 atom stereocenters. The summed E-state index contributed by atoms with van der Waals surface area (Å²) in [4.78, 5) is 0. The first-order valence-corrected chi connectivity index (χ1v) is 8.55. The third-order valence-electron chi connectivity index (χ3n) is 5.50. The monoisotopic (exact) mass is 267 g/mol. The van der Waals surface area contributed by atoms with Crippen LogP contribution in [0.5, 0.6) is 0 Å². The highest BCUT2D eigenvalue weighted by molar-refractivity contribution is 4.84. The van der Waals surface area contributed by atoms with E-state index in [0.717, 1.165) is 36.9 Å². The van der Waals surface area contributed by atoms with E-state index in [9.17, 15) is 0 Å².